The van der Waals surface area contributed by atoms with Gasteiger partial charge in [0.1, 0.15) is 13.2 Å². The van der Waals surface area contributed by atoms with Gasteiger partial charge >= 0.3 is 17.9 Å². The molecule has 0 N–H and O–H groups in total. The highest BCUT2D eigenvalue weighted by Crippen LogP contribution is 2.16. The van der Waals surface area contributed by atoms with Crippen molar-refractivity contribution in [2.45, 2.75) is 309 Å². The Bertz CT molecular complexity index is 1560. The molecule has 0 aliphatic heterocycles. The highest BCUT2D eigenvalue weighted by Gasteiger charge is 2.19. The monoisotopic (exact) mass is 1070 g/mol. The quantitative estimate of drug-likeness (QED) is 0.0261. The fraction of sp³-hybridized carbons (Fsp3) is 0.704. The molecule has 0 fully saturated rings. The summed E-state index contributed by atoms with van der Waals surface area (Å²) in [5, 5.41) is 0. The second-order valence-electron chi connectivity index (χ2n) is 21.3. The first-order valence-electron chi connectivity index (χ1n) is 32.4. The maximum absolute atomic E-state index is 12.9. The topological polar surface area (TPSA) is 78.9 Å². The Labute approximate surface area is 476 Å². The molecule has 0 spiro atoms. The summed E-state index contributed by atoms with van der Waals surface area (Å²) in [5.41, 5.74) is 0. The third-order valence-electron chi connectivity index (χ3n) is 13.8. The van der Waals surface area contributed by atoms with E-state index < -0.39 is 6.10 Å². The van der Waals surface area contributed by atoms with E-state index in [0.29, 0.717) is 19.3 Å². The standard InChI is InChI=1S/C71H120O6/c1-4-7-10-13-16-18-20-22-24-26-28-30-32-33-34-35-36-37-39-40-42-44-46-48-50-52-55-58-61-64-70(73)76-67-68(66-75-69(72)63-60-57-54-15-12-9-6-3)77-71(74)65-62-59-56-53-51-49-47-45-43-41-38-31-29-27-25-23-21-19-17-14-11-8-5-2/h7,10,16,18,21-24,27-30,33-34,36-38,41,68H,4-6,8-9,11-15,17,19-20,25-26,31-32,35,39-40,42-67H2,1-3H3/b10-7-,18-16-,23-21-,24-22-,29-27-,30-28-,34-33-,37-36-,41-38-. The van der Waals surface area contributed by atoms with E-state index in [2.05, 4.69) is 130 Å². The second kappa shape index (κ2) is 64.6. The molecule has 0 aromatic carbocycles. The maximum Gasteiger partial charge on any atom is 0.306 e. The van der Waals surface area contributed by atoms with Gasteiger partial charge in [-0.3, -0.25) is 14.4 Å². The fourth-order valence-corrected chi connectivity index (χ4v) is 8.92. The van der Waals surface area contributed by atoms with Crippen molar-refractivity contribution in [3.8, 4) is 0 Å². The summed E-state index contributed by atoms with van der Waals surface area (Å²) >= 11 is 0. The van der Waals surface area contributed by atoms with Gasteiger partial charge in [0.15, 0.2) is 6.10 Å². The fourth-order valence-electron chi connectivity index (χ4n) is 8.92. The average Bonchev–Trinajstić information content (AvgIpc) is 3.43. The number of hydrogen-bond acceptors (Lipinski definition) is 6. The van der Waals surface area contributed by atoms with Crippen LogP contribution >= 0.6 is 0 Å². The normalized spacial score (nSPS) is 12.8. The largest absolute Gasteiger partial charge is 0.462 e. The van der Waals surface area contributed by atoms with Crippen molar-refractivity contribution in [2.24, 2.45) is 0 Å². The highest BCUT2D eigenvalue weighted by atomic mass is 16.6. The van der Waals surface area contributed by atoms with Gasteiger partial charge in [-0.1, -0.05) is 284 Å². The van der Waals surface area contributed by atoms with E-state index in [9.17, 15) is 14.4 Å². The van der Waals surface area contributed by atoms with Crippen LogP contribution in [-0.2, 0) is 28.6 Å². The summed E-state index contributed by atoms with van der Waals surface area (Å²) in [5.74, 6) is -0.894. The molecular formula is C71H120O6. The summed E-state index contributed by atoms with van der Waals surface area (Å²) in [6, 6.07) is 0. The van der Waals surface area contributed by atoms with Gasteiger partial charge in [-0.25, -0.2) is 0 Å². The predicted octanol–water partition coefficient (Wildman–Crippen LogP) is 22.2. The van der Waals surface area contributed by atoms with Crippen LogP contribution < -0.4 is 0 Å². The van der Waals surface area contributed by atoms with E-state index in [4.69, 9.17) is 14.2 Å². The Morgan fingerprint density at radius 1 is 0.273 bits per heavy atom. The molecule has 1 unspecified atom stereocenters. The Hall–Kier alpha value is -3.93. The van der Waals surface area contributed by atoms with Gasteiger partial charge in [0.2, 0.25) is 0 Å². The van der Waals surface area contributed by atoms with Crippen LogP contribution in [0.4, 0.5) is 0 Å². The van der Waals surface area contributed by atoms with Gasteiger partial charge < -0.3 is 14.2 Å². The van der Waals surface area contributed by atoms with Crippen LogP contribution in [0.25, 0.3) is 0 Å². The van der Waals surface area contributed by atoms with Gasteiger partial charge in [-0.15, -0.1) is 0 Å². The first-order valence-corrected chi connectivity index (χ1v) is 32.4. The lowest BCUT2D eigenvalue weighted by Gasteiger charge is -2.18. The molecule has 0 heterocycles. The summed E-state index contributed by atoms with van der Waals surface area (Å²) in [4.78, 5) is 38.1. The van der Waals surface area contributed by atoms with Crippen LogP contribution in [0.1, 0.15) is 303 Å². The molecule has 6 nitrogen and oxygen atoms in total. The van der Waals surface area contributed by atoms with Crippen molar-refractivity contribution in [3.05, 3.63) is 109 Å². The van der Waals surface area contributed by atoms with E-state index in [-0.39, 0.29) is 31.1 Å². The SMILES string of the molecule is CC/C=C\C/C=C\C/C=C\C/C=C\C/C=C\C/C=C\CCCCCCCCCCCCC(=O)OCC(COC(=O)CCCCCCCCC)OC(=O)CCCCCCCCCC/C=C\C/C=C\C/C=C\CCCCCCC. The molecule has 0 aromatic heterocycles. The smallest absolute Gasteiger partial charge is 0.306 e. The van der Waals surface area contributed by atoms with E-state index in [1.807, 2.05) is 0 Å². The number of unbranched alkanes of at least 4 members (excludes halogenated alkanes) is 29. The van der Waals surface area contributed by atoms with Gasteiger partial charge in [-0.05, 0) is 109 Å². The molecule has 77 heavy (non-hydrogen) atoms. The summed E-state index contributed by atoms with van der Waals surface area (Å²) < 4.78 is 16.8. The van der Waals surface area contributed by atoms with Crippen molar-refractivity contribution in [1.82, 2.24) is 0 Å². The first kappa shape index (κ1) is 73.1. The molecule has 0 saturated carbocycles. The molecule has 0 aliphatic rings. The van der Waals surface area contributed by atoms with Gasteiger partial charge in [0, 0.05) is 19.3 Å². The molecule has 1 atom stereocenters. The lowest BCUT2D eigenvalue weighted by atomic mass is 10.1. The van der Waals surface area contributed by atoms with Gasteiger partial charge in [0.25, 0.3) is 0 Å². The Kier molecular flexibility index (Phi) is 61.3. The van der Waals surface area contributed by atoms with Crippen LogP contribution in [0.2, 0.25) is 0 Å². The summed E-state index contributed by atoms with van der Waals surface area (Å²) in [6.07, 6.45) is 88.3. The number of carbonyl (C=O) groups excluding carboxylic acids is 3. The number of esters is 3. The summed E-state index contributed by atoms with van der Waals surface area (Å²) in [7, 11) is 0. The molecular weight excluding hydrogens is 949 g/mol. The Morgan fingerprint density at radius 2 is 0.506 bits per heavy atom. The molecule has 0 radical (unpaired) electrons. The minimum atomic E-state index is -0.783. The molecule has 440 valence electrons. The number of carbonyl (C=O) groups is 3. The zero-order valence-electron chi connectivity index (χ0n) is 50.4. The van der Waals surface area contributed by atoms with Crippen LogP contribution in [0.15, 0.2) is 109 Å². The van der Waals surface area contributed by atoms with Crippen molar-refractivity contribution in [3.63, 3.8) is 0 Å². The molecule has 0 rings (SSSR count). The van der Waals surface area contributed by atoms with E-state index in [1.54, 1.807) is 0 Å². The molecule has 0 bridgehead atoms. The molecule has 0 amide bonds. The third-order valence-corrected chi connectivity index (χ3v) is 13.8. The first-order chi connectivity index (χ1) is 38.0. The van der Waals surface area contributed by atoms with E-state index in [0.717, 1.165) is 116 Å². The Balaban J connectivity index is 4.17. The number of hydrogen-bond donors (Lipinski definition) is 0. The van der Waals surface area contributed by atoms with Crippen molar-refractivity contribution < 1.29 is 28.6 Å². The lowest BCUT2D eigenvalue weighted by molar-refractivity contribution is -0.167. The minimum Gasteiger partial charge on any atom is -0.462 e. The minimum absolute atomic E-state index is 0.0815. The zero-order valence-corrected chi connectivity index (χ0v) is 50.4. The highest BCUT2D eigenvalue weighted by molar-refractivity contribution is 5.71. The molecule has 6 heteroatoms. The maximum atomic E-state index is 12.9. The zero-order chi connectivity index (χ0) is 55.7. The third kappa shape index (κ3) is 62.8. The molecule has 0 aliphatic carbocycles. The number of rotatable bonds is 58. The Morgan fingerprint density at radius 3 is 0.792 bits per heavy atom. The van der Waals surface area contributed by atoms with E-state index >= 15 is 0 Å². The van der Waals surface area contributed by atoms with Crippen molar-refractivity contribution >= 4 is 17.9 Å². The lowest BCUT2D eigenvalue weighted by Crippen LogP contribution is -2.30. The van der Waals surface area contributed by atoms with Crippen LogP contribution in [0.5, 0.6) is 0 Å². The molecule has 0 saturated heterocycles. The number of ether oxygens (including phenoxy) is 3. The average molecular weight is 1070 g/mol. The van der Waals surface area contributed by atoms with Crippen molar-refractivity contribution in [1.29, 1.82) is 0 Å². The van der Waals surface area contributed by atoms with Crippen LogP contribution in [-0.4, -0.2) is 37.2 Å². The summed E-state index contributed by atoms with van der Waals surface area (Å²) in [6.45, 7) is 6.48. The van der Waals surface area contributed by atoms with Gasteiger partial charge in [0.05, 0.1) is 0 Å². The van der Waals surface area contributed by atoms with Crippen molar-refractivity contribution in [2.75, 3.05) is 13.2 Å². The van der Waals surface area contributed by atoms with Gasteiger partial charge in [-0.2, -0.15) is 0 Å². The second-order valence-corrected chi connectivity index (χ2v) is 21.3. The predicted molar refractivity (Wildman–Crippen MR) is 334 cm³/mol. The number of allylic oxidation sites excluding steroid dienone is 18. The van der Waals surface area contributed by atoms with E-state index in [1.165, 1.54) is 148 Å². The van der Waals surface area contributed by atoms with Crippen LogP contribution in [0.3, 0.4) is 0 Å². The van der Waals surface area contributed by atoms with Crippen LogP contribution in [0, 0.1) is 0 Å². The molecule has 0 aromatic rings.